The minimum Gasteiger partial charge on any atom is -0.377 e. The summed E-state index contributed by atoms with van der Waals surface area (Å²) in [5, 5.41) is 3.18. The van der Waals surface area contributed by atoms with E-state index in [0.29, 0.717) is 12.1 Å². The molecule has 0 spiro atoms. The van der Waals surface area contributed by atoms with Crippen molar-refractivity contribution in [3.63, 3.8) is 0 Å². The Hall–Kier alpha value is -1.00. The Morgan fingerprint density at radius 2 is 2.29 bits per heavy atom. The largest absolute Gasteiger partial charge is 0.377 e. The van der Waals surface area contributed by atoms with Gasteiger partial charge in [-0.25, -0.2) is 8.78 Å². The van der Waals surface area contributed by atoms with Crippen molar-refractivity contribution in [2.45, 2.75) is 31.9 Å². The minimum absolute atomic E-state index is 0.203. The lowest BCUT2D eigenvalue weighted by Crippen LogP contribution is -2.29. The molecule has 0 aromatic heterocycles. The average Bonchev–Trinajstić information content (AvgIpc) is 2.82. The molecule has 2 nitrogen and oxygen atoms in total. The average molecular weight is 241 g/mol. The molecule has 0 radical (unpaired) electrons. The first kappa shape index (κ1) is 12.5. The summed E-state index contributed by atoms with van der Waals surface area (Å²) in [5.41, 5.74) is 0.364. The Labute approximate surface area is 100.0 Å². The standard InChI is InChI=1S/C13H17F2NO/c1-9(16-8-11-3-2-6-17-11)12-7-10(14)4-5-13(12)15/h4-5,7,9,11,16H,2-3,6,8H2,1H3. The predicted molar refractivity (Wildman–Crippen MR) is 61.7 cm³/mol. The third kappa shape index (κ3) is 3.23. The molecule has 1 aliphatic heterocycles. The van der Waals surface area contributed by atoms with Crippen molar-refractivity contribution in [3.05, 3.63) is 35.4 Å². The fourth-order valence-electron chi connectivity index (χ4n) is 2.07. The van der Waals surface area contributed by atoms with Gasteiger partial charge in [-0.2, -0.15) is 0 Å². The van der Waals surface area contributed by atoms with Crippen molar-refractivity contribution < 1.29 is 13.5 Å². The summed E-state index contributed by atoms with van der Waals surface area (Å²) in [5.74, 6) is -0.786. The van der Waals surface area contributed by atoms with Crippen LogP contribution in [0.1, 0.15) is 31.4 Å². The molecule has 1 saturated heterocycles. The van der Waals surface area contributed by atoms with Crippen molar-refractivity contribution in [2.24, 2.45) is 0 Å². The van der Waals surface area contributed by atoms with Crippen LogP contribution in [-0.2, 0) is 4.74 Å². The molecule has 0 saturated carbocycles. The molecular formula is C13H17F2NO. The molecule has 2 unspecified atom stereocenters. The maximum atomic E-state index is 13.5. The smallest absolute Gasteiger partial charge is 0.128 e. The number of hydrogen-bond acceptors (Lipinski definition) is 2. The van der Waals surface area contributed by atoms with E-state index in [-0.39, 0.29) is 18.0 Å². The molecule has 0 bridgehead atoms. The van der Waals surface area contributed by atoms with Crippen LogP contribution in [0, 0.1) is 11.6 Å². The van der Waals surface area contributed by atoms with Gasteiger partial charge in [0.15, 0.2) is 0 Å². The zero-order chi connectivity index (χ0) is 12.3. The summed E-state index contributed by atoms with van der Waals surface area (Å²) in [6.07, 6.45) is 2.31. The Bertz CT molecular complexity index is 378. The van der Waals surface area contributed by atoms with Gasteiger partial charge in [-0.15, -0.1) is 0 Å². The van der Waals surface area contributed by atoms with Crippen LogP contribution < -0.4 is 5.32 Å². The van der Waals surface area contributed by atoms with Gasteiger partial charge in [-0.05, 0) is 38.0 Å². The Balaban J connectivity index is 1.93. The van der Waals surface area contributed by atoms with Crippen molar-refractivity contribution in [1.29, 1.82) is 0 Å². The third-order valence-corrected chi connectivity index (χ3v) is 3.10. The fourth-order valence-corrected chi connectivity index (χ4v) is 2.07. The molecule has 1 fully saturated rings. The van der Waals surface area contributed by atoms with Gasteiger partial charge in [0.25, 0.3) is 0 Å². The van der Waals surface area contributed by atoms with Gasteiger partial charge < -0.3 is 10.1 Å². The minimum atomic E-state index is -0.410. The topological polar surface area (TPSA) is 21.3 Å². The van der Waals surface area contributed by atoms with E-state index in [2.05, 4.69) is 5.32 Å². The Morgan fingerprint density at radius 3 is 3.00 bits per heavy atom. The van der Waals surface area contributed by atoms with E-state index < -0.39 is 5.82 Å². The summed E-state index contributed by atoms with van der Waals surface area (Å²) >= 11 is 0. The quantitative estimate of drug-likeness (QED) is 0.875. The summed E-state index contributed by atoms with van der Waals surface area (Å²) in [7, 11) is 0. The van der Waals surface area contributed by atoms with E-state index in [1.165, 1.54) is 6.07 Å². The van der Waals surface area contributed by atoms with Crippen LogP contribution in [-0.4, -0.2) is 19.3 Å². The first-order valence-corrected chi connectivity index (χ1v) is 5.97. The molecular weight excluding hydrogens is 224 g/mol. The predicted octanol–water partition coefficient (Wildman–Crippen LogP) is 2.79. The molecule has 94 valence electrons. The molecule has 17 heavy (non-hydrogen) atoms. The molecule has 1 aromatic carbocycles. The van der Waals surface area contributed by atoms with E-state index in [0.717, 1.165) is 31.6 Å². The fraction of sp³-hybridized carbons (Fsp3) is 0.538. The van der Waals surface area contributed by atoms with Crippen LogP contribution in [0.3, 0.4) is 0 Å². The summed E-state index contributed by atoms with van der Waals surface area (Å²) < 4.78 is 32.0. The van der Waals surface area contributed by atoms with E-state index in [1.54, 1.807) is 0 Å². The number of ether oxygens (including phenoxy) is 1. The highest BCUT2D eigenvalue weighted by Crippen LogP contribution is 2.19. The van der Waals surface area contributed by atoms with Crippen LogP contribution in [0.5, 0.6) is 0 Å². The number of halogens is 2. The van der Waals surface area contributed by atoms with Crippen molar-refractivity contribution >= 4 is 0 Å². The van der Waals surface area contributed by atoms with Gasteiger partial charge in [-0.1, -0.05) is 0 Å². The highest BCUT2D eigenvalue weighted by molar-refractivity contribution is 5.21. The zero-order valence-corrected chi connectivity index (χ0v) is 9.88. The van der Waals surface area contributed by atoms with Crippen molar-refractivity contribution in [1.82, 2.24) is 5.32 Å². The molecule has 1 aromatic rings. The number of nitrogens with one attached hydrogen (secondary N) is 1. The van der Waals surface area contributed by atoms with Crippen LogP contribution >= 0.6 is 0 Å². The molecule has 1 aliphatic rings. The van der Waals surface area contributed by atoms with Gasteiger partial charge in [0, 0.05) is 24.8 Å². The van der Waals surface area contributed by atoms with E-state index in [1.807, 2.05) is 6.92 Å². The number of benzene rings is 1. The van der Waals surface area contributed by atoms with Gasteiger partial charge in [0.1, 0.15) is 11.6 Å². The number of hydrogen-bond donors (Lipinski definition) is 1. The summed E-state index contributed by atoms with van der Waals surface area (Å²) in [6.45, 7) is 3.30. The molecule has 0 aliphatic carbocycles. The monoisotopic (exact) mass is 241 g/mol. The molecule has 1 heterocycles. The lowest BCUT2D eigenvalue weighted by molar-refractivity contribution is 0.108. The number of rotatable bonds is 4. The highest BCUT2D eigenvalue weighted by Gasteiger charge is 2.17. The molecule has 4 heteroatoms. The zero-order valence-electron chi connectivity index (χ0n) is 9.88. The normalized spacial score (nSPS) is 21.7. The lowest BCUT2D eigenvalue weighted by atomic mass is 10.1. The van der Waals surface area contributed by atoms with Gasteiger partial charge in [0.2, 0.25) is 0 Å². The van der Waals surface area contributed by atoms with Crippen molar-refractivity contribution in [2.75, 3.05) is 13.2 Å². The summed E-state index contributed by atoms with van der Waals surface area (Å²) in [6, 6.07) is 3.32. The lowest BCUT2D eigenvalue weighted by Gasteiger charge is -2.17. The highest BCUT2D eigenvalue weighted by atomic mass is 19.1. The molecule has 2 rings (SSSR count). The van der Waals surface area contributed by atoms with Crippen LogP contribution in [0.15, 0.2) is 18.2 Å². The second-order valence-electron chi connectivity index (χ2n) is 4.43. The first-order valence-electron chi connectivity index (χ1n) is 5.97. The summed E-state index contributed by atoms with van der Waals surface area (Å²) in [4.78, 5) is 0. The SMILES string of the molecule is CC(NCC1CCCO1)c1cc(F)ccc1F. The molecule has 2 atom stereocenters. The second-order valence-corrected chi connectivity index (χ2v) is 4.43. The molecule has 1 N–H and O–H groups in total. The van der Waals surface area contributed by atoms with E-state index in [9.17, 15) is 8.78 Å². The third-order valence-electron chi connectivity index (χ3n) is 3.10. The van der Waals surface area contributed by atoms with Gasteiger partial charge >= 0.3 is 0 Å². The van der Waals surface area contributed by atoms with E-state index >= 15 is 0 Å². The van der Waals surface area contributed by atoms with Gasteiger partial charge in [0.05, 0.1) is 6.10 Å². The Kier molecular flexibility index (Phi) is 4.07. The maximum Gasteiger partial charge on any atom is 0.128 e. The first-order chi connectivity index (χ1) is 8.16. The van der Waals surface area contributed by atoms with Crippen LogP contribution in [0.25, 0.3) is 0 Å². The second kappa shape index (κ2) is 5.56. The molecule has 0 amide bonds. The van der Waals surface area contributed by atoms with Crippen LogP contribution in [0.4, 0.5) is 8.78 Å². The maximum absolute atomic E-state index is 13.5. The van der Waals surface area contributed by atoms with Crippen molar-refractivity contribution in [3.8, 4) is 0 Å². The van der Waals surface area contributed by atoms with Crippen LogP contribution in [0.2, 0.25) is 0 Å². The Morgan fingerprint density at radius 1 is 1.47 bits per heavy atom. The van der Waals surface area contributed by atoms with Gasteiger partial charge in [-0.3, -0.25) is 0 Å². The van der Waals surface area contributed by atoms with E-state index in [4.69, 9.17) is 4.74 Å².